The molecule has 0 fully saturated rings. The zero-order valence-corrected chi connectivity index (χ0v) is 22.5. The van der Waals surface area contributed by atoms with Gasteiger partial charge < -0.3 is 14.8 Å². The summed E-state index contributed by atoms with van der Waals surface area (Å²) < 4.78 is 38.8. The van der Waals surface area contributed by atoms with Crippen molar-refractivity contribution in [2.75, 3.05) is 23.8 Å². The first-order chi connectivity index (χ1) is 17.8. The maximum absolute atomic E-state index is 12.8. The number of ether oxygens (including phenoxy) is 2. The van der Waals surface area contributed by atoms with Crippen molar-refractivity contribution in [1.82, 2.24) is 5.32 Å². The molecule has 3 aromatic carbocycles. The molecule has 0 atom stereocenters. The van der Waals surface area contributed by atoms with E-state index in [-0.39, 0.29) is 10.0 Å². The number of amides is 1. The molecular formula is C27H31N3O5S2. The van der Waals surface area contributed by atoms with Crippen molar-refractivity contribution in [3.05, 3.63) is 78.4 Å². The Bertz CT molecular complexity index is 1290. The highest BCUT2D eigenvalue weighted by Gasteiger charge is 2.16. The van der Waals surface area contributed by atoms with Crippen molar-refractivity contribution in [3.8, 4) is 11.5 Å². The highest BCUT2D eigenvalue weighted by Crippen LogP contribution is 2.21. The van der Waals surface area contributed by atoms with Crippen molar-refractivity contribution in [2.24, 2.45) is 0 Å². The Morgan fingerprint density at radius 3 is 2.24 bits per heavy atom. The lowest BCUT2D eigenvalue weighted by molar-refractivity contribution is 0.0973. The zero-order valence-electron chi connectivity index (χ0n) is 20.8. The van der Waals surface area contributed by atoms with Gasteiger partial charge in [0.1, 0.15) is 11.5 Å². The molecule has 0 aliphatic rings. The Morgan fingerprint density at radius 1 is 0.892 bits per heavy atom. The summed E-state index contributed by atoms with van der Waals surface area (Å²) in [4.78, 5) is 12.9. The van der Waals surface area contributed by atoms with Crippen LogP contribution in [-0.4, -0.2) is 33.2 Å². The topological polar surface area (TPSA) is 106 Å². The molecule has 3 N–H and O–H groups in total. The minimum atomic E-state index is -3.79. The van der Waals surface area contributed by atoms with Gasteiger partial charge in [0.2, 0.25) is 0 Å². The van der Waals surface area contributed by atoms with Gasteiger partial charge in [-0.2, -0.15) is 0 Å². The van der Waals surface area contributed by atoms with E-state index < -0.39 is 15.9 Å². The number of sulfonamides is 1. The smallest absolute Gasteiger partial charge is 0.261 e. The molecular weight excluding hydrogens is 510 g/mol. The Hall–Kier alpha value is -3.63. The largest absolute Gasteiger partial charge is 0.497 e. The first-order valence-electron chi connectivity index (χ1n) is 11.9. The highest BCUT2D eigenvalue weighted by atomic mass is 32.2. The number of carbonyl (C=O) groups is 1. The molecule has 8 nitrogen and oxygen atoms in total. The van der Waals surface area contributed by atoms with Crippen LogP contribution in [0.1, 0.15) is 43.0 Å². The summed E-state index contributed by atoms with van der Waals surface area (Å²) in [5.41, 5.74) is 1.32. The highest BCUT2D eigenvalue weighted by molar-refractivity contribution is 7.92. The molecule has 0 bridgehead atoms. The third-order valence-electron chi connectivity index (χ3n) is 5.38. The van der Waals surface area contributed by atoms with Gasteiger partial charge in [-0.3, -0.25) is 14.8 Å². The van der Waals surface area contributed by atoms with E-state index in [1.807, 2.05) is 6.07 Å². The van der Waals surface area contributed by atoms with Gasteiger partial charge in [-0.05, 0) is 79.3 Å². The molecule has 10 heteroatoms. The van der Waals surface area contributed by atoms with Crippen LogP contribution in [0.2, 0.25) is 0 Å². The first-order valence-corrected chi connectivity index (χ1v) is 13.8. The van der Waals surface area contributed by atoms with Gasteiger partial charge in [-0.15, -0.1) is 0 Å². The molecule has 0 aromatic heterocycles. The molecule has 0 spiro atoms. The number of nitrogens with one attached hydrogen (secondary N) is 3. The quantitative estimate of drug-likeness (QED) is 0.203. The van der Waals surface area contributed by atoms with Gasteiger partial charge >= 0.3 is 0 Å². The molecule has 0 aliphatic heterocycles. The molecule has 0 saturated heterocycles. The van der Waals surface area contributed by atoms with Crippen LogP contribution >= 0.6 is 12.2 Å². The number of carbonyl (C=O) groups excluding carboxylic acids is 1. The van der Waals surface area contributed by atoms with Crippen LogP contribution in [0.25, 0.3) is 0 Å². The lowest BCUT2D eigenvalue weighted by atomic mass is 10.2. The van der Waals surface area contributed by atoms with Crippen LogP contribution in [0.4, 0.5) is 11.4 Å². The molecule has 196 valence electrons. The zero-order chi connectivity index (χ0) is 26.7. The summed E-state index contributed by atoms with van der Waals surface area (Å²) >= 11 is 5.28. The second-order valence-electron chi connectivity index (χ2n) is 8.17. The van der Waals surface area contributed by atoms with E-state index in [0.717, 1.165) is 25.7 Å². The Balaban J connectivity index is 1.56. The van der Waals surface area contributed by atoms with Crippen LogP contribution in [0.3, 0.4) is 0 Å². The molecule has 0 aliphatic carbocycles. The average Bonchev–Trinajstić information content (AvgIpc) is 2.89. The minimum absolute atomic E-state index is 0.0776. The summed E-state index contributed by atoms with van der Waals surface area (Å²) in [7, 11) is -2.25. The van der Waals surface area contributed by atoms with Gasteiger partial charge in [0.25, 0.3) is 15.9 Å². The van der Waals surface area contributed by atoms with Crippen molar-refractivity contribution < 1.29 is 22.7 Å². The summed E-state index contributed by atoms with van der Waals surface area (Å²) in [5.74, 6) is 0.725. The number of thiocarbonyl (C=S) groups is 1. The number of methoxy groups -OCH3 is 1. The summed E-state index contributed by atoms with van der Waals surface area (Å²) in [5, 5.41) is 5.62. The fourth-order valence-electron chi connectivity index (χ4n) is 3.41. The van der Waals surface area contributed by atoms with Crippen molar-refractivity contribution >= 4 is 44.6 Å². The van der Waals surface area contributed by atoms with Crippen molar-refractivity contribution in [3.63, 3.8) is 0 Å². The van der Waals surface area contributed by atoms with E-state index >= 15 is 0 Å². The molecule has 1 amide bonds. The van der Waals surface area contributed by atoms with Crippen LogP contribution in [-0.2, 0) is 10.0 Å². The predicted molar refractivity (Wildman–Crippen MR) is 150 cm³/mol. The van der Waals surface area contributed by atoms with Crippen molar-refractivity contribution in [1.29, 1.82) is 0 Å². The third kappa shape index (κ3) is 8.47. The summed E-state index contributed by atoms with van der Waals surface area (Å²) in [6.07, 6.45) is 4.29. The normalized spacial score (nSPS) is 10.9. The lowest BCUT2D eigenvalue weighted by Crippen LogP contribution is -2.34. The lowest BCUT2D eigenvalue weighted by Gasteiger charge is -2.13. The third-order valence-corrected chi connectivity index (χ3v) is 6.98. The predicted octanol–water partition coefficient (Wildman–Crippen LogP) is 5.58. The molecule has 37 heavy (non-hydrogen) atoms. The number of hydrogen-bond donors (Lipinski definition) is 3. The molecule has 3 rings (SSSR count). The van der Waals surface area contributed by atoms with Crippen molar-refractivity contribution in [2.45, 2.75) is 37.5 Å². The van der Waals surface area contributed by atoms with E-state index in [4.69, 9.17) is 21.7 Å². The molecule has 3 aromatic rings. The number of para-hydroxylation sites is 1. The second kappa shape index (κ2) is 13.6. The van der Waals surface area contributed by atoms with E-state index in [1.54, 1.807) is 54.6 Å². The first kappa shape index (κ1) is 27.9. The van der Waals surface area contributed by atoms with Gasteiger partial charge in [0.05, 0.1) is 24.2 Å². The number of benzene rings is 3. The van der Waals surface area contributed by atoms with Crippen LogP contribution < -0.4 is 24.8 Å². The van der Waals surface area contributed by atoms with Gasteiger partial charge in [-0.1, -0.05) is 38.3 Å². The number of rotatable bonds is 12. The molecule has 0 heterocycles. The van der Waals surface area contributed by atoms with E-state index in [1.165, 1.54) is 19.2 Å². The van der Waals surface area contributed by atoms with Gasteiger partial charge in [0.15, 0.2) is 5.11 Å². The number of unbranched alkanes of at least 4 members (excludes halogenated alkanes) is 3. The minimum Gasteiger partial charge on any atom is -0.497 e. The van der Waals surface area contributed by atoms with Crippen LogP contribution in [0, 0.1) is 0 Å². The van der Waals surface area contributed by atoms with E-state index in [2.05, 4.69) is 22.3 Å². The standard InChI is InChI=1S/C27H31N3O5S2/c1-3-4-5-8-19-35-25-10-7-6-9-24(25)26(31)29-27(36)28-20-13-17-23(18-14-20)37(32,33)30-21-11-15-22(34-2)16-12-21/h6-7,9-18,30H,3-5,8,19H2,1-2H3,(H2,28,29,31,36). The second-order valence-corrected chi connectivity index (χ2v) is 10.3. The molecule has 0 radical (unpaired) electrons. The maximum atomic E-state index is 12.8. The molecule has 0 unspecified atom stereocenters. The van der Waals surface area contributed by atoms with E-state index in [9.17, 15) is 13.2 Å². The summed E-state index contributed by atoms with van der Waals surface area (Å²) in [6.45, 7) is 2.69. The monoisotopic (exact) mass is 541 g/mol. The van der Waals surface area contributed by atoms with Gasteiger partial charge in [-0.25, -0.2) is 8.42 Å². The fourth-order valence-corrected chi connectivity index (χ4v) is 4.68. The number of hydrogen-bond acceptors (Lipinski definition) is 6. The van der Waals surface area contributed by atoms with Crippen LogP contribution in [0.5, 0.6) is 11.5 Å². The Morgan fingerprint density at radius 2 is 1.57 bits per heavy atom. The maximum Gasteiger partial charge on any atom is 0.261 e. The van der Waals surface area contributed by atoms with Gasteiger partial charge in [0, 0.05) is 11.4 Å². The molecule has 0 saturated carbocycles. The van der Waals surface area contributed by atoms with Crippen LogP contribution in [0.15, 0.2) is 77.7 Å². The average molecular weight is 542 g/mol. The van der Waals surface area contributed by atoms with E-state index in [0.29, 0.717) is 35.0 Å². The Kier molecular flexibility index (Phi) is 10.3. The fraction of sp³-hybridized carbons (Fsp3) is 0.259. The number of anilines is 2. The summed E-state index contributed by atoms with van der Waals surface area (Å²) in [6, 6.07) is 19.6. The Labute approximate surface area is 223 Å². The SMILES string of the molecule is CCCCCCOc1ccccc1C(=O)NC(=S)Nc1ccc(S(=O)(=O)Nc2ccc(OC)cc2)cc1.